The van der Waals surface area contributed by atoms with Gasteiger partial charge in [-0.25, -0.2) is 0 Å². The predicted octanol–water partition coefficient (Wildman–Crippen LogP) is 12.9. The van der Waals surface area contributed by atoms with Gasteiger partial charge in [0, 0.05) is 72.3 Å². The molecule has 12 rings (SSSR count). The third kappa shape index (κ3) is 3.70. The molecular formula is C48H29N3O. The third-order valence-electron chi connectivity index (χ3n) is 11.0. The van der Waals surface area contributed by atoms with Gasteiger partial charge in [0.25, 0.3) is 0 Å². The summed E-state index contributed by atoms with van der Waals surface area (Å²) in [6, 6.07) is 63.5. The fourth-order valence-electron chi connectivity index (χ4n) is 8.81. The molecule has 242 valence electrons. The molecule has 4 aromatic heterocycles. The number of hydrogen-bond donors (Lipinski definition) is 0. The number of furan rings is 1. The molecule has 4 nitrogen and oxygen atoms in total. The molecule has 0 saturated carbocycles. The first kappa shape index (κ1) is 27.7. The van der Waals surface area contributed by atoms with Gasteiger partial charge in [-0.3, -0.25) is 0 Å². The molecule has 0 aliphatic carbocycles. The molecule has 0 bridgehead atoms. The molecule has 0 aliphatic rings. The molecule has 4 heterocycles. The Hall–Kier alpha value is -7.04. The smallest absolute Gasteiger partial charge is 0.137 e. The summed E-state index contributed by atoms with van der Waals surface area (Å²) in [6.07, 6.45) is 0. The standard InChI is InChI=1S/C48H29N3O/c1-6-16-41-33(11-1)34-12-2-7-17-42(34)49(41)30-23-26-46-40(27-30)37-15-5-10-20-45(37)51(46)32-22-25-39-38-24-21-31(28-47(38)52-48(39)29-32)50-43-18-8-3-13-35(43)36-14-4-9-19-44(36)50/h1-29H. The highest BCUT2D eigenvalue weighted by Crippen LogP contribution is 2.39. The van der Waals surface area contributed by atoms with Crippen LogP contribution in [0.2, 0.25) is 0 Å². The van der Waals surface area contributed by atoms with Gasteiger partial charge in [0.15, 0.2) is 0 Å². The zero-order valence-corrected chi connectivity index (χ0v) is 28.0. The van der Waals surface area contributed by atoms with Crippen LogP contribution in [0.5, 0.6) is 0 Å². The lowest BCUT2D eigenvalue weighted by atomic mass is 10.1. The van der Waals surface area contributed by atoms with Gasteiger partial charge in [0.05, 0.1) is 33.1 Å². The van der Waals surface area contributed by atoms with Crippen molar-refractivity contribution in [2.75, 3.05) is 0 Å². The van der Waals surface area contributed by atoms with Gasteiger partial charge in [-0.15, -0.1) is 0 Å². The summed E-state index contributed by atoms with van der Waals surface area (Å²) in [4.78, 5) is 0. The van der Waals surface area contributed by atoms with E-state index in [-0.39, 0.29) is 0 Å². The van der Waals surface area contributed by atoms with Gasteiger partial charge >= 0.3 is 0 Å². The van der Waals surface area contributed by atoms with Crippen molar-refractivity contribution in [1.29, 1.82) is 0 Å². The van der Waals surface area contributed by atoms with E-state index in [1.54, 1.807) is 0 Å². The molecule has 0 saturated heterocycles. The molecule has 12 aromatic rings. The Kier molecular flexibility index (Phi) is 5.47. The normalized spacial score (nSPS) is 12.2. The SMILES string of the molecule is c1ccc2c(c1)c1ccccc1n2-c1ccc2c(c1)oc1cc(-n3c4ccccc4c4cc(-n5c6ccccc6c6ccccc65)ccc43)ccc12. The first-order valence-corrected chi connectivity index (χ1v) is 17.8. The van der Waals surface area contributed by atoms with E-state index >= 15 is 0 Å². The van der Waals surface area contributed by atoms with Crippen LogP contribution < -0.4 is 0 Å². The van der Waals surface area contributed by atoms with Crippen LogP contribution in [0.15, 0.2) is 180 Å². The lowest BCUT2D eigenvalue weighted by Gasteiger charge is -2.10. The van der Waals surface area contributed by atoms with E-state index in [0.29, 0.717) is 0 Å². The minimum atomic E-state index is 0.875. The van der Waals surface area contributed by atoms with Crippen LogP contribution in [0.25, 0.3) is 104 Å². The Morgan fingerprint density at radius 1 is 0.250 bits per heavy atom. The number of benzene rings is 8. The molecule has 0 spiro atoms. The molecule has 0 amide bonds. The van der Waals surface area contributed by atoms with Crippen LogP contribution in [-0.4, -0.2) is 13.7 Å². The van der Waals surface area contributed by atoms with Crippen molar-refractivity contribution >= 4 is 87.4 Å². The van der Waals surface area contributed by atoms with Crippen molar-refractivity contribution in [1.82, 2.24) is 13.7 Å². The fraction of sp³-hybridized carbons (Fsp3) is 0. The molecular weight excluding hydrogens is 635 g/mol. The fourth-order valence-corrected chi connectivity index (χ4v) is 8.81. The van der Waals surface area contributed by atoms with Crippen LogP contribution in [-0.2, 0) is 0 Å². The van der Waals surface area contributed by atoms with Crippen molar-refractivity contribution in [2.24, 2.45) is 0 Å². The Bertz CT molecular complexity index is 3320. The lowest BCUT2D eigenvalue weighted by Crippen LogP contribution is -1.95. The van der Waals surface area contributed by atoms with Crippen LogP contribution >= 0.6 is 0 Å². The second-order valence-electron chi connectivity index (χ2n) is 13.8. The maximum absolute atomic E-state index is 6.70. The second kappa shape index (κ2) is 10.3. The van der Waals surface area contributed by atoms with Gasteiger partial charge < -0.3 is 18.1 Å². The van der Waals surface area contributed by atoms with E-state index in [1.165, 1.54) is 59.9 Å². The number of aromatic nitrogens is 3. The summed E-state index contributed by atoms with van der Waals surface area (Å²) in [6.45, 7) is 0. The van der Waals surface area contributed by atoms with Gasteiger partial charge in [-0.1, -0.05) is 91.0 Å². The first-order valence-electron chi connectivity index (χ1n) is 17.8. The van der Waals surface area contributed by atoms with Crippen molar-refractivity contribution < 1.29 is 4.42 Å². The summed E-state index contributed by atoms with van der Waals surface area (Å²) in [5.74, 6) is 0. The Labute approximate surface area is 297 Å². The zero-order valence-electron chi connectivity index (χ0n) is 28.0. The molecule has 4 heteroatoms. The maximum Gasteiger partial charge on any atom is 0.137 e. The minimum Gasteiger partial charge on any atom is -0.456 e. The maximum atomic E-state index is 6.70. The van der Waals surface area contributed by atoms with E-state index < -0.39 is 0 Å². The Balaban J connectivity index is 1.04. The number of hydrogen-bond acceptors (Lipinski definition) is 1. The summed E-state index contributed by atoms with van der Waals surface area (Å²) in [7, 11) is 0. The highest BCUT2D eigenvalue weighted by molar-refractivity contribution is 6.13. The summed E-state index contributed by atoms with van der Waals surface area (Å²) < 4.78 is 13.8. The van der Waals surface area contributed by atoms with Crippen molar-refractivity contribution in [3.63, 3.8) is 0 Å². The topological polar surface area (TPSA) is 27.9 Å². The zero-order chi connectivity index (χ0) is 33.9. The third-order valence-corrected chi connectivity index (χ3v) is 11.0. The lowest BCUT2D eigenvalue weighted by molar-refractivity contribution is 0.668. The van der Waals surface area contributed by atoms with Gasteiger partial charge in [-0.05, 0) is 72.8 Å². The van der Waals surface area contributed by atoms with Crippen LogP contribution in [0, 0.1) is 0 Å². The van der Waals surface area contributed by atoms with Gasteiger partial charge in [0.2, 0.25) is 0 Å². The number of rotatable bonds is 3. The quantitative estimate of drug-likeness (QED) is 0.185. The monoisotopic (exact) mass is 663 g/mol. The average Bonchev–Trinajstić information content (AvgIpc) is 3.93. The number of para-hydroxylation sites is 5. The van der Waals surface area contributed by atoms with E-state index in [9.17, 15) is 0 Å². The average molecular weight is 664 g/mol. The van der Waals surface area contributed by atoms with Crippen molar-refractivity contribution in [3.8, 4) is 17.1 Å². The van der Waals surface area contributed by atoms with Crippen molar-refractivity contribution in [3.05, 3.63) is 176 Å². The van der Waals surface area contributed by atoms with Crippen LogP contribution in [0.3, 0.4) is 0 Å². The van der Waals surface area contributed by atoms with E-state index in [0.717, 1.165) is 44.5 Å². The second-order valence-corrected chi connectivity index (χ2v) is 13.8. The summed E-state index contributed by atoms with van der Waals surface area (Å²) >= 11 is 0. The predicted molar refractivity (Wildman–Crippen MR) is 217 cm³/mol. The Morgan fingerprint density at radius 2 is 0.558 bits per heavy atom. The molecule has 52 heavy (non-hydrogen) atoms. The largest absolute Gasteiger partial charge is 0.456 e. The van der Waals surface area contributed by atoms with Crippen LogP contribution in [0.1, 0.15) is 0 Å². The van der Waals surface area contributed by atoms with E-state index in [4.69, 9.17) is 4.42 Å². The summed E-state index contributed by atoms with van der Waals surface area (Å²) in [5.41, 5.74) is 12.2. The highest BCUT2D eigenvalue weighted by Gasteiger charge is 2.18. The van der Waals surface area contributed by atoms with Crippen molar-refractivity contribution in [2.45, 2.75) is 0 Å². The number of nitrogens with zero attached hydrogens (tertiary/aromatic N) is 3. The minimum absolute atomic E-state index is 0.875. The number of fused-ring (bicyclic) bond motifs is 12. The summed E-state index contributed by atoms with van der Waals surface area (Å²) in [5, 5.41) is 9.70. The molecule has 0 N–H and O–H groups in total. The highest BCUT2D eigenvalue weighted by atomic mass is 16.3. The molecule has 0 aliphatic heterocycles. The molecule has 0 atom stereocenters. The first-order chi connectivity index (χ1) is 25.8. The molecule has 0 fully saturated rings. The van der Waals surface area contributed by atoms with E-state index in [1.807, 2.05) is 0 Å². The molecule has 0 unspecified atom stereocenters. The Morgan fingerprint density at radius 3 is 0.962 bits per heavy atom. The van der Waals surface area contributed by atoms with Gasteiger partial charge in [0.1, 0.15) is 11.2 Å². The molecule has 0 radical (unpaired) electrons. The van der Waals surface area contributed by atoms with E-state index in [2.05, 4.69) is 190 Å². The van der Waals surface area contributed by atoms with Gasteiger partial charge in [-0.2, -0.15) is 0 Å². The van der Waals surface area contributed by atoms with Crippen LogP contribution in [0.4, 0.5) is 0 Å². The molecule has 8 aromatic carbocycles.